The van der Waals surface area contributed by atoms with E-state index in [0.29, 0.717) is 0 Å². The lowest BCUT2D eigenvalue weighted by Crippen LogP contribution is -2.11. The predicted molar refractivity (Wildman–Crippen MR) is 33.0 cm³/mol. The molecule has 1 N–H and O–H groups in total. The Morgan fingerprint density at radius 1 is 1.75 bits per heavy atom. The molecular weight excluding hydrogens is 148 g/mol. The van der Waals surface area contributed by atoms with Crippen molar-refractivity contribution in [3.63, 3.8) is 0 Å². The summed E-state index contributed by atoms with van der Waals surface area (Å²) in [4.78, 5) is 0. The van der Waals surface area contributed by atoms with Gasteiger partial charge in [0.1, 0.15) is 0 Å². The van der Waals surface area contributed by atoms with Gasteiger partial charge in [0, 0.05) is 7.05 Å². The van der Waals surface area contributed by atoms with Gasteiger partial charge in [0.05, 0.1) is 0 Å². The molecule has 0 rings (SSSR count). The summed E-state index contributed by atoms with van der Waals surface area (Å²) in [6.45, 7) is 0. The van der Waals surface area contributed by atoms with E-state index in [4.69, 9.17) is 0 Å². The van der Waals surface area contributed by atoms with Gasteiger partial charge in [-0.1, -0.05) is 0 Å². The van der Waals surface area contributed by atoms with Crippen LogP contribution in [0.4, 0.5) is 0 Å². The van der Waals surface area contributed by atoms with Crippen LogP contribution in [0.15, 0.2) is 4.36 Å². The van der Waals surface area contributed by atoms with Crippen LogP contribution in [-0.2, 0) is 10.5 Å². The van der Waals surface area contributed by atoms with Gasteiger partial charge in [-0.05, 0) is 12.2 Å². The number of nitrogens with one attached hydrogen (secondary N) is 1. The van der Waals surface area contributed by atoms with Crippen LogP contribution >= 0.6 is 12.2 Å². The van der Waals surface area contributed by atoms with Crippen molar-refractivity contribution >= 4 is 27.8 Å². The number of hydrogen-bond acceptors (Lipinski definition) is 3. The Morgan fingerprint density at radius 2 is 2.25 bits per heavy atom. The fourth-order valence-electron chi connectivity index (χ4n) is 0.113. The summed E-state index contributed by atoms with van der Waals surface area (Å²) < 4.78 is 22.3. The number of nitrogens with zero attached hydrogens (tertiary/aromatic N) is 1. The van der Waals surface area contributed by atoms with E-state index in [1.54, 1.807) is 0 Å². The molecule has 0 fully saturated rings. The highest BCUT2D eigenvalue weighted by molar-refractivity contribution is 7.81. The second kappa shape index (κ2) is 3.50. The minimum absolute atomic E-state index is 0.0293. The summed E-state index contributed by atoms with van der Waals surface area (Å²) in [6, 6.07) is 0. The smallest absolute Gasteiger partial charge is 0.318 e. The van der Waals surface area contributed by atoms with Crippen molar-refractivity contribution in [3.8, 4) is 0 Å². The number of thiocarbonyl (C=S) groups is 1. The lowest BCUT2D eigenvalue weighted by molar-refractivity contribution is 0.623. The summed E-state index contributed by atoms with van der Waals surface area (Å²) >= 11 is 4.36. The Morgan fingerprint density at radius 3 is 2.38 bits per heavy atom. The Hall–Kier alpha value is -0.490. The highest BCUT2D eigenvalue weighted by Crippen LogP contribution is 1.68. The third-order valence-electron chi connectivity index (χ3n) is 0.371. The summed E-state index contributed by atoms with van der Waals surface area (Å²) in [5.41, 5.74) is 0. The van der Waals surface area contributed by atoms with Crippen LogP contribution in [0.5, 0.6) is 0 Å². The maximum Gasteiger partial charge on any atom is 0.318 e. The molecule has 0 atom stereocenters. The number of rotatable bonds is 0. The third-order valence-corrected chi connectivity index (χ3v) is 1.11. The highest BCUT2D eigenvalue weighted by atomic mass is 32.2. The van der Waals surface area contributed by atoms with E-state index in [1.165, 1.54) is 7.05 Å². The molecule has 0 heterocycles. The second-order valence-corrected chi connectivity index (χ2v) is 1.87. The van der Waals surface area contributed by atoms with Crippen LogP contribution in [0.3, 0.4) is 0 Å². The fourth-order valence-corrected chi connectivity index (χ4v) is 0.523. The summed E-state index contributed by atoms with van der Waals surface area (Å²) in [7, 11) is -0.926. The molecule has 0 aliphatic carbocycles. The average Bonchev–Trinajstić information content (AvgIpc) is 1.65. The van der Waals surface area contributed by atoms with Crippen molar-refractivity contribution in [2.45, 2.75) is 0 Å². The molecular formula is C2H4N2O2S2. The van der Waals surface area contributed by atoms with Gasteiger partial charge in [0.15, 0.2) is 0 Å². The molecule has 0 saturated carbocycles. The minimum atomic E-state index is -2.42. The van der Waals surface area contributed by atoms with Gasteiger partial charge in [0.2, 0.25) is 5.11 Å². The van der Waals surface area contributed by atoms with E-state index >= 15 is 0 Å². The lowest BCUT2D eigenvalue weighted by atomic mass is 11.1. The van der Waals surface area contributed by atoms with Crippen LogP contribution < -0.4 is 5.32 Å². The van der Waals surface area contributed by atoms with Gasteiger partial charge >= 0.3 is 10.5 Å². The Balaban J connectivity index is 4.12. The highest BCUT2D eigenvalue weighted by Gasteiger charge is 1.81. The van der Waals surface area contributed by atoms with Crippen LogP contribution in [0.2, 0.25) is 0 Å². The van der Waals surface area contributed by atoms with E-state index in [2.05, 4.69) is 21.9 Å². The van der Waals surface area contributed by atoms with Crippen LogP contribution in [0.25, 0.3) is 0 Å². The molecule has 0 bridgehead atoms. The van der Waals surface area contributed by atoms with E-state index in [-0.39, 0.29) is 5.11 Å². The molecule has 6 heteroatoms. The standard InChI is InChI=1S/C2H4N2O2S2/c1-3-2(7)4-8(5)6/h1H3,(H,3,7). The van der Waals surface area contributed by atoms with Crippen molar-refractivity contribution in [2.75, 3.05) is 7.05 Å². The Labute approximate surface area is 53.6 Å². The van der Waals surface area contributed by atoms with Crippen molar-refractivity contribution in [3.05, 3.63) is 0 Å². The van der Waals surface area contributed by atoms with Crippen molar-refractivity contribution in [1.29, 1.82) is 0 Å². The molecule has 4 nitrogen and oxygen atoms in total. The second-order valence-electron chi connectivity index (χ2n) is 0.864. The van der Waals surface area contributed by atoms with Gasteiger partial charge in [-0.25, -0.2) is 0 Å². The fraction of sp³-hybridized carbons (Fsp3) is 0.500. The SMILES string of the molecule is CNC(=S)N=S(=O)=O. The van der Waals surface area contributed by atoms with E-state index in [9.17, 15) is 8.42 Å². The molecule has 0 saturated heterocycles. The Bertz CT molecular complexity index is 196. The zero-order chi connectivity index (χ0) is 6.57. The van der Waals surface area contributed by atoms with Crippen molar-refractivity contribution in [1.82, 2.24) is 5.32 Å². The maximum atomic E-state index is 9.67. The summed E-state index contributed by atoms with van der Waals surface area (Å²) in [6.07, 6.45) is 0. The molecule has 0 radical (unpaired) electrons. The first-order valence-electron chi connectivity index (χ1n) is 1.69. The first-order chi connectivity index (χ1) is 3.66. The van der Waals surface area contributed by atoms with Crippen molar-refractivity contribution in [2.24, 2.45) is 4.36 Å². The minimum Gasteiger partial charge on any atom is -0.363 e. The molecule has 46 valence electrons. The topological polar surface area (TPSA) is 58.5 Å². The molecule has 0 aromatic carbocycles. The predicted octanol–water partition coefficient (Wildman–Crippen LogP) is -0.447. The molecule has 0 aromatic rings. The summed E-state index contributed by atoms with van der Waals surface area (Å²) in [5, 5.41) is 2.34. The van der Waals surface area contributed by atoms with E-state index < -0.39 is 10.5 Å². The van der Waals surface area contributed by atoms with Crippen molar-refractivity contribution < 1.29 is 8.42 Å². The van der Waals surface area contributed by atoms with Gasteiger partial charge < -0.3 is 5.32 Å². The zero-order valence-corrected chi connectivity index (χ0v) is 5.71. The molecule has 8 heavy (non-hydrogen) atoms. The molecule has 0 aliphatic heterocycles. The molecule has 0 aromatic heterocycles. The molecule has 0 unspecified atom stereocenters. The number of hydrogen-bond donors (Lipinski definition) is 1. The van der Waals surface area contributed by atoms with Crippen LogP contribution in [-0.4, -0.2) is 20.6 Å². The molecule has 0 spiro atoms. The van der Waals surface area contributed by atoms with Gasteiger partial charge in [-0.15, -0.1) is 4.36 Å². The molecule has 0 amide bonds. The zero-order valence-electron chi connectivity index (χ0n) is 4.08. The normalized spacial score (nSPS) is 7.62. The van der Waals surface area contributed by atoms with Gasteiger partial charge in [-0.2, -0.15) is 8.42 Å². The van der Waals surface area contributed by atoms with Crippen LogP contribution in [0.1, 0.15) is 0 Å². The van der Waals surface area contributed by atoms with E-state index in [1.807, 2.05) is 0 Å². The largest absolute Gasteiger partial charge is 0.363 e. The maximum absolute atomic E-state index is 9.67. The first-order valence-corrected chi connectivity index (χ1v) is 3.13. The molecule has 0 aliphatic rings. The van der Waals surface area contributed by atoms with E-state index in [0.717, 1.165) is 0 Å². The first kappa shape index (κ1) is 7.51. The average molecular weight is 152 g/mol. The van der Waals surface area contributed by atoms with Gasteiger partial charge in [-0.3, -0.25) is 0 Å². The van der Waals surface area contributed by atoms with Gasteiger partial charge in [0.25, 0.3) is 0 Å². The lowest BCUT2D eigenvalue weighted by Gasteiger charge is -1.84. The third kappa shape index (κ3) is 3.69. The Kier molecular flexibility index (Phi) is 3.29. The quantitative estimate of drug-likeness (QED) is 0.478. The monoisotopic (exact) mass is 152 g/mol. The summed E-state index contributed by atoms with van der Waals surface area (Å²) in [5.74, 6) is 0. The van der Waals surface area contributed by atoms with Crippen LogP contribution in [0, 0.1) is 0 Å².